The number of aromatic nitrogens is 2. The van der Waals surface area contributed by atoms with Gasteiger partial charge in [0.1, 0.15) is 28.1 Å². The van der Waals surface area contributed by atoms with Crippen molar-refractivity contribution < 1.29 is 32.6 Å². The first-order valence-corrected chi connectivity index (χ1v) is 9.22. The minimum atomic E-state index is -0.986. The number of nitrogens with one attached hydrogen (secondary N) is 1. The van der Waals surface area contributed by atoms with E-state index in [1.165, 1.54) is 21.0 Å². The van der Waals surface area contributed by atoms with E-state index < -0.39 is 30.4 Å². The van der Waals surface area contributed by atoms with E-state index in [-0.39, 0.29) is 50.8 Å². The molecular weight excluding hydrogens is 461 g/mol. The number of carbonyl (C=O) groups excluding carboxylic acids is 1. The molecule has 2 aromatic rings. The molecule has 0 saturated heterocycles. The predicted octanol–water partition coefficient (Wildman–Crippen LogP) is 3.75. The van der Waals surface area contributed by atoms with Crippen molar-refractivity contribution in [3.63, 3.8) is 0 Å². The molecule has 9 nitrogen and oxygen atoms in total. The summed E-state index contributed by atoms with van der Waals surface area (Å²) >= 11 is 12.1. The number of nitrogens with two attached hydrogens (primary N) is 1. The van der Waals surface area contributed by atoms with Gasteiger partial charge in [-0.15, -0.1) is 0 Å². The molecule has 0 saturated carbocycles. The Bertz CT molecular complexity index is 1020. The molecule has 2 rings (SSSR count). The lowest BCUT2D eigenvalue weighted by molar-refractivity contribution is -0.143. The quantitative estimate of drug-likeness (QED) is 0.315. The third-order valence-electron chi connectivity index (χ3n) is 3.88. The lowest BCUT2D eigenvalue weighted by atomic mass is 10.2. The third kappa shape index (κ3) is 5.76. The lowest BCUT2D eigenvalue weighted by Crippen LogP contribution is -2.20. The van der Waals surface area contributed by atoms with E-state index in [4.69, 9.17) is 48.0 Å². The maximum atomic E-state index is 14.1. The predicted molar refractivity (Wildman–Crippen MR) is 109 cm³/mol. The average Bonchev–Trinajstić information content (AvgIpc) is 2.75. The number of nitrogens with zero attached hydrogens (tertiary/aromatic N) is 2. The molecule has 0 atom stereocenters. The van der Waals surface area contributed by atoms with Crippen LogP contribution >= 0.6 is 23.2 Å². The largest absolute Gasteiger partial charge is 0.498 e. The van der Waals surface area contributed by atoms with Gasteiger partial charge >= 0.3 is 5.97 Å². The summed E-state index contributed by atoms with van der Waals surface area (Å²) in [6.07, 6.45) is 0. The number of rotatable bonds is 9. The van der Waals surface area contributed by atoms with Gasteiger partial charge in [0.25, 0.3) is 0 Å². The normalized spacial score (nSPS) is 10.4. The Balaban J connectivity index is 2.06. The second kappa shape index (κ2) is 10.3. The summed E-state index contributed by atoms with van der Waals surface area (Å²) in [5.74, 6) is -3.23. The van der Waals surface area contributed by atoms with Gasteiger partial charge < -0.3 is 24.8 Å². The highest BCUT2D eigenvalue weighted by Crippen LogP contribution is 2.35. The topological polar surface area (TPSA) is 118 Å². The van der Waals surface area contributed by atoms with Crippen LogP contribution in [0.15, 0.2) is 12.3 Å². The Morgan fingerprint density at radius 2 is 1.61 bits per heavy atom. The molecule has 31 heavy (non-hydrogen) atoms. The molecule has 0 radical (unpaired) electrons. The zero-order valence-electron chi connectivity index (χ0n) is 16.6. The molecule has 0 spiro atoms. The smallest absolute Gasteiger partial charge is 0.369 e. The molecule has 168 valence electrons. The van der Waals surface area contributed by atoms with Crippen molar-refractivity contribution >= 4 is 40.5 Å². The molecule has 3 N–H and O–H groups in total. The standard InChI is InChI=1S/C18H18Cl2F2N4O5/c1-7(28-4)5-29-18-12(20)14(9(3)16(22)25-18)26-31-10(27)6-30-17-11(19)13(23)8(2)15(21)24-17/h1,5-6H2,2-4H3,(H2,23,24)(H,25,26). The molecule has 0 unspecified atom stereocenters. The number of hydrogen-bond acceptors (Lipinski definition) is 9. The maximum Gasteiger partial charge on any atom is 0.369 e. The summed E-state index contributed by atoms with van der Waals surface area (Å²) in [5.41, 5.74) is 7.67. The van der Waals surface area contributed by atoms with Crippen LogP contribution in [0.2, 0.25) is 10.0 Å². The van der Waals surface area contributed by atoms with E-state index in [0.29, 0.717) is 0 Å². The van der Waals surface area contributed by atoms with Crippen molar-refractivity contribution in [2.75, 3.05) is 31.5 Å². The van der Waals surface area contributed by atoms with Gasteiger partial charge in [0.2, 0.25) is 23.7 Å². The molecule has 2 aromatic heterocycles. The van der Waals surface area contributed by atoms with Gasteiger partial charge in [-0.1, -0.05) is 29.8 Å². The number of hydrogen-bond donors (Lipinski definition) is 2. The lowest BCUT2D eigenvalue weighted by Gasteiger charge is -2.15. The number of anilines is 2. The van der Waals surface area contributed by atoms with E-state index in [1.54, 1.807) is 0 Å². The van der Waals surface area contributed by atoms with Crippen LogP contribution in [0, 0.1) is 25.7 Å². The van der Waals surface area contributed by atoms with Gasteiger partial charge in [0, 0.05) is 11.1 Å². The number of nitrogen functional groups attached to an aromatic ring is 1. The zero-order chi connectivity index (χ0) is 23.3. The van der Waals surface area contributed by atoms with E-state index in [2.05, 4.69) is 22.0 Å². The van der Waals surface area contributed by atoms with E-state index in [9.17, 15) is 13.6 Å². The highest BCUT2D eigenvalue weighted by atomic mass is 35.5. The van der Waals surface area contributed by atoms with Crippen molar-refractivity contribution in [3.05, 3.63) is 45.4 Å². The van der Waals surface area contributed by atoms with Crippen molar-refractivity contribution in [2.45, 2.75) is 13.8 Å². The molecule has 0 bridgehead atoms. The Labute approximate surface area is 186 Å². The van der Waals surface area contributed by atoms with E-state index in [1.807, 2.05) is 0 Å². The van der Waals surface area contributed by atoms with Crippen molar-refractivity contribution in [1.29, 1.82) is 0 Å². The molecule has 13 heteroatoms. The maximum absolute atomic E-state index is 14.1. The first-order valence-electron chi connectivity index (χ1n) is 8.46. The molecule has 0 aliphatic rings. The Morgan fingerprint density at radius 1 is 1.06 bits per heavy atom. The van der Waals surface area contributed by atoms with E-state index in [0.717, 1.165) is 0 Å². The Morgan fingerprint density at radius 3 is 2.23 bits per heavy atom. The SMILES string of the molecule is C=C(COc1nc(F)c(C)c(NOC(=O)COc2nc(F)c(C)c(N)c2Cl)c1Cl)OC. The van der Waals surface area contributed by atoms with E-state index >= 15 is 0 Å². The summed E-state index contributed by atoms with van der Waals surface area (Å²) in [4.78, 5) is 23.8. The summed E-state index contributed by atoms with van der Waals surface area (Å²) in [6.45, 7) is 5.43. The van der Waals surface area contributed by atoms with Crippen molar-refractivity contribution in [3.8, 4) is 11.8 Å². The van der Waals surface area contributed by atoms with Gasteiger partial charge in [0.15, 0.2) is 6.61 Å². The second-order valence-electron chi connectivity index (χ2n) is 5.98. The number of carbonyl (C=O) groups is 1. The minimum Gasteiger partial charge on any atom is -0.498 e. The number of pyridine rings is 2. The van der Waals surface area contributed by atoms with Crippen LogP contribution < -0.4 is 20.7 Å². The van der Waals surface area contributed by atoms with Gasteiger partial charge in [-0.2, -0.15) is 18.7 Å². The van der Waals surface area contributed by atoms with Crippen molar-refractivity contribution in [2.24, 2.45) is 0 Å². The summed E-state index contributed by atoms with van der Waals surface area (Å²) in [6, 6.07) is 0. The monoisotopic (exact) mass is 478 g/mol. The van der Waals surface area contributed by atoms with Crippen LogP contribution in [-0.4, -0.2) is 36.3 Å². The Kier molecular flexibility index (Phi) is 8.06. The second-order valence-corrected chi connectivity index (χ2v) is 6.73. The highest BCUT2D eigenvalue weighted by molar-refractivity contribution is 6.35. The van der Waals surface area contributed by atoms with Crippen LogP contribution in [-0.2, 0) is 14.4 Å². The highest BCUT2D eigenvalue weighted by Gasteiger charge is 2.20. The van der Waals surface area contributed by atoms with Crippen LogP contribution in [0.5, 0.6) is 11.8 Å². The summed E-state index contributed by atoms with van der Waals surface area (Å²) in [5, 5.41) is -0.316. The van der Waals surface area contributed by atoms with Gasteiger partial charge in [-0.25, -0.2) is 10.3 Å². The zero-order valence-corrected chi connectivity index (χ0v) is 18.2. The number of methoxy groups -OCH3 is 1. The average molecular weight is 479 g/mol. The first kappa shape index (κ1) is 24.2. The minimum absolute atomic E-state index is 0.0403. The number of ether oxygens (including phenoxy) is 3. The van der Waals surface area contributed by atoms with Gasteiger partial charge in [0.05, 0.1) is 12.8 Å². The molecule has 0 fully saturated rings. The van der Waals surface area contributed by atoms with Crippen LogP contribution in [0.1, 0.15) is 11.1 Å². The fourth-order valence-corrected chi connectivity index (χ4v) is 2.51. The van der Waals surface area contributed by atoms with Gasteiger partial charge in [-0.05, 0) is 13.8 Å². The molecule has 0 aliphatic heterocycles. The number of halogens is 4. The van der Waals surface area contributed by atoms with Crippen LogP contribution in [0.25, 0.3) is 0 Å². The molecule has 0 aliphatic carbocycles. The van der Waals surface area contributed by atoms with Crippen LogP contribution in [0.4, 0.5) is 20.2 Å². The summed E-state index contributed by atoms with van der Waals surface area (Å²) in [7, 11) is 1.38. The Hall–Kier alpha value is -3.05. The molecular formula is C18H18Cl2F2N4O5. The fourth-order valence-electron chi connectivity index (χ4n) is 1.99. The van der Waals surface area contributed by atoms with Crippen molar-refractivity contribution in [1.82, 2.24) is 9.97 Å². The molecule has 0 aromatic carbocycles. The third-order valence-corrected chi connectivity index (χ3v) is 4.60. The summed E-state index contributed by atoms with van der Waals surface area (Å²) < 4.78 is 42.9. The fraction of sp³-hybridized carbons (Fsp3) is 0.278. The molecule has 0 amide bonds. The first-order chi connectivity index (χ1) is 14.6. The van der Waals surface area contributed by atoms with Crippen LogP contribution in [0.3, 0.4) is 0 Å². The van der Waals surface area contributed by atoms with Gasteiger partial charge in [-0.3, -0.25) is 0 Å². The molecule has 2 heterocycles.